The van der Waals surface area contributed by atoms with E-state index in [1.807, 2.05) is 26.0 Å². The number of hydrogen-bond donors (Lipinski definition) is 1. The predicted molar refractivity (Wildman–Crippen MR) is 120 cm³/mol. The van der Waals surface area contributed by atoms with Crippen LogP contribution in [0.4, 0.5) is 5.69 Å². The Morgan fingerprint density at radius 3 is 2.82 bits per heavy atom. The van der Waals surface area contributed by atoms with Gasteiger partial charge in [0.1, 0.15) is 0 Å². The van der Waals surface area contributed by atoms with Crippen molar-refractivity contribution in [3.05, 3.63) is 61.8 Å². The number of aryl methyl sites for hydroxylation is 1. The molecule has 0 aliphatic carbocycles. The smallest absolute Gasteiger partial charge is 0.262 e. The van der Waals surface area contributed by atoms with Gasteiger partial charge in [0.2, 0.25) is 5.91 Å². The SMILES string of the molecule is CCCn1c(SCC(=O)Nc2cc(Cl)ccc2C)nc2ccc(Br)cc2c1=O. The minimum absolute atomic E-state index is 0.0956. The number of aromatic nitrogens is 2. The molecule has 8 heteroatoms. The number of carbonyl (C=O) groups excluding carboxylic acids is 1. The van der Waals surface area contributed by atoms with Crippen molar-refractivity contribution in [2.24, 2.45) is 0 Å². The van der Waals surface area contributed by atoms with Crippen LogP contribution in [0.3, 0.4) is 0 Å². The largest absolute Gasteiger partial charge is 0.325 e. The number of nitrogens with zero attached hydrogens (tertiary/aromatic N) is 2. The lowest BCUT2D eigenvalue weighted by Gasteiger charge is -2.13. The molecule has 0 aliphatic rings. The van der Waals surface area contributed by atoms with E-state index in [0.29, 0.717) is 33.3 Å². The molecule has 0 saturated heterocycles. The molecular formula is C20H19BrClN3O2S. The molecule has 1 amide bonds. The van der Waals surface area contributed by atoms with Crippen LogP contribution in [0, 0.1) is 6.92 Å². The maximum Gasteiger partial charge on any atom is 0.262 e. The predicted octanol–water partition coefficient (Wildman–Crippen LogP) is 5.26. The Kier molecular flexibility index (Phi) is 6.80. The summed E-state index contributed by atoms with van der Waals surface area (Å²) in [4.78, 5) is 29.9. The van der Waals surface area contributed by atoms with Gasteiger partial charge in [-0.1, -0.05) is 52.3 Å². The molecule has 1 N–H and O–H groups in total. The van der Waals surface area contributed by atoms with Crippen molar-refractivity contribution >= 4 is 61.8 Å². The van der Waals surface area contributed by atoms with Gasteiger partial charge in [-0.3, -0.25) is 14.2 Å². The number of anilines is 1. The molecule has 5 nitrogen and oxygen atoms in total. The first-order valence-electron chi connectivity index (χ1n) is 8.78. The van der Waals surface area contributed by atoms with Crippen LogP contribution in [-0.4, -0.2) is 21.2 Å². The molecule has 28 heavy (non-hydrogen) atoms. The number of hydrogen-bond acceptors (Lipinski definition) is 4. The maximum atomic E-state index is 12.9. The lowest BCUT2D eigenvalue weighted by atomic mass is 10.2. The summed E-state index contributed by atoms with van der Waals surface area (Å²) < 4.78 is 2.47. The highest BCUT2D eigenvalue weighted by molar-refractivity contribution is 9.10. The lowest BCUT2D eigenvalue weighted by molar-refractivity contribution is -0.113. The zero-order chi connectivity index (χ0) is 20.3. The highest BCUT2D eigenvalue weighted by Crippen LogP contribution is 2.23. The van der Waals surface area contributed by atoms with Crippen LogP contribution in [0.15, 0.2) is 50.8 Å². The van der Waals surface area contributed by atoms with Crippen molar-refractivity contribution in [2.45, 2.75) is 32.0 Å². The molecule has 0 spiro atoms. The summed E-state index contributed by atoms with van der Waals surface area (Å²) >= 11 is 10.7. The van der Waals surface area contributed by atoms with Crippen molar-refractivity contribution in [1.29, 1.82) is 0 Å². The van der Waals surface area contributed by atoms with Gasteiger partial charge in [-0.05, 0) is 49.2 Å². The van der Waals surface area contributed by atoms with Gasteiger partial charge in [-0.25, -0.2) is 4.98 Å². The number of thioether (sulfide) groups is 1. The minimum atomic E-state index is -0.177. The van der Waals surface area contributed by atoms with E-state index in [0.717, 1.165) is 16.5 Å². The molecule has 3 rings (SSSR count). The highest BCUT2D eigenvalue weighted by atomic mass is 79.9. The van der Waals surface area contributed by atoms with Gasteiger partial charge in [0.15, 0.2) is 5.16 Å². The topological polar surface area (TPSA) is 64.0 Å². The molecule has 0 aliphatic heterocycles. The molecule has 1 aromatic heterocycles. The number of fused-ring (bicyclic) bond motifs is 1. The first-order chi connectivity index (χ1) is 13.4. The van der Waals surface area contributed by atoms with E-state index >= 15 is 0 Å². The van der Waals surface area contributed by atoms with E-state index in [-0.39, 0.29) is 17.2 Å². The second-order valence-electron chi connectivity index (χ2n) is 6.31. The summed E-state index contributed by atoms with van der Waals surface area (Å²) in [6.07, 6.45) is 0.794. The first kappa shape index (κ1) is 20.9. The Balaban J connectivity index is 1.84. The quantitative estimate of drug-likeness (QED) is 0.386. The van der Waals surface area contributed by atoms with E-state index in [4.69, 9.17) is 11.6 Å². The van der Waals surface area contributed by atoms with Crippen LogP contribution in [0.5, 0.6) is 0 Å². The van der Waals surface area contributed by atoms with E-state index < -0.39 is 0 Å². The minimum Gasteiger partial charge on any atom is -0.325 e. The maximum absolute atomic E-state index is 12.9. The van der Waals surface area contributed by atoms with Crippen LogP contribution in [0.1, 0.15) is 18.9 Å². The highest BCUT2D eigenvalue weighted by Gasteiger charge is 2.14. The third-order valence-electron chi connectivity index (χ3n) is 4.13. The zero-order valence-electron chi connectivity index (χ0n) is 15.5. The average Bonchev–Trinajstić information content (AvgIpc) is 2.66. The molecule has 0 atom stereocenters. The van der Waals surface area contributed by atoms with Crippen LogP contribution in [0.2, 0.25) is 5.02 Å². The van der Waals surface area contributed by atoms with Gasteiger partial charge in [-0.15, -0.1) is 0 Å². The van der Waals surface area contributed by atoms with Crippen molar-refractivity contribution < 1.29 is 4.79 Å². The second-order valence-corrected chi connectivity index (χ2v) is 8.60. The second kappa shape index (κ2) is 9.11. The third-order valence-corrected chi connectivity index (χ3v) is 5.84. The van der Waals surface area contributed by atoms with Crippen molar-refractivity contribution in [3.63, 3.8) is 0 Å². The third kappa shape index (κ3) is 4.77. The van der Waals surface area contributed by atoms with Crippen LogP contribution < -0.4 is 10.9 Å². The fraction of sp³-hybridized carbons (Fsp3) is 0.250. The molecule has 3 aromatic rings. The fourth-order valence-corrected chi connectivity index (χ4v) is 4.11. The molecule has 146 valence electrons. The average molecular weight is 481 g/mol. The normalized spacial score (nSPS) is 11.0. The Labute approximate surface area is 180 Å². The number of nitrogens with one attached hydrogen (secondary N) is 1. The Hall–Kier alpha value is -1.83. The van der Waals surface area contributed by atoms with Gasteiger partial charge in [0.25, 0.3) is 5.56 Å². The Bertz CT molecular complexity index is 1100. The van der Waals surface area contributed by atoms with Crippen molar-refractivity contribution in [1.82, 2.24) is 9.55 Å². The molecule has 0 unspecified atom stereocenters. The number of halogens is 2. The van der Waals surface area contributed by atoms with E-state index in [1.165, 1.54) is 11.8 Å². The molecule has 0 saturated carbocycles. The van der Waals surface area contributed by atoms with Gasteiger partial charge in [-0.2, -0.15) is 0 Å². The van der Waals surface area contributed by atoms with E-state index in [1.54, 1.807) is 28.8 Å². The van der Waals surface area contributed by atoms with Crippen LogP contribution in [0.25, 0.3) is 10.9 Å². The molecular weight excluding hydrogens is 462 g/mol. The summed E-state index contributed by atoms with van der Waals surface area (Å²) in [5, 5.41) is 4.53. The number of amides is 1. The fourth-order valence-electron chi connectivity index (χ4n) is 2.75. The Morgan fingerprint density at radius 2 is 2.07 bits per heavy atom. The first-order valence-corrected chi connectivity index (χ1v) is 10.9. The van der Waals surface area contributed by atoms with Gasteiger partial charge >= 0.3 is 0 Å². The van der Waals surface area contributed by atoms with Crippen LogP contribution >= 0.6 is 39.3 Å². The molecule has 1 heterocycles. The van der Waals surface area contributed by atoms with Gasteiger partial charge in [0.05, 0.1) is 16.7 Å². The summed E-state index contributed by atoms with van der Waals surface area (Å²) in [5.41, 5.74) is 2.14. The van der Waals surface area contributed by atoms with E-state index in [2.05, 4.69) is 26.2 Å². The molecule has 0 bridgehead atoms. The number of benzene rings is 2. The van der Waals surface area contributed by atoms with Crippen molar-refractivity contribution in [3.8, 4) is 0 Å². The number of carbonyl (C=O) groups is 1. The monoisotopic (exact) mass is 479 g/mol. The summed E-state index contributed by atoms with van der Waals surface area (Å²) in [7, 11) is 0. The number of rotatable bonds is 6. The van der Waals surface area contributed by atoms with Gasteiger partial charge in [0, 0.05) is 21.7 Å². The van der Waals surface area contributed by atoms with Gasteiger partial charge < -0.3 is 5.32 Å². The zero-order valence-corrected chi connectivity index (χ0v) is 18.6. The Morgan fingerprint density at radius 1 is 1.29 bits per heavy atom. The summed E-state index contributed by atoms with van der Waals surface area (Å²) in [6, 6.07) is 10.8. The molecule has 0 fully saturated rings. The van der Waals surface area contributed by atoms with E-state index in [9.17, 15) is 9.59 Å². The standard InChI is InChI=1S/C20H19BrClN3O2S/c1-3-8-25-19(27)15-9-13(21)5-7-16(15)24-20(25)28-11-18(26)23-17-10-14(22)6-4-12(17)2/h4-7,9-10H,3,8,11H2,1-2H3,(H,23,26). The molecule has 0 radical (unpaired) electrons. The lowest BCUT2D eigenvalue weighted by Crippen LogP contribution is -2.24. The summed E-state index contributed by atoms with van der Waals surface area (Å²) in [6.45, 7) is 4.45. The van der Waals surface area contributed by atoms with Crippen LogP contribution in [-0.2, 0) is 11.3 Å². The van der Waals surface area contributed by atoms with Crippen molar-refractivity contribution in [2.75, 3.05) is 11.1 Å². The molecule has 2 aromatic carbocycles. The summed E-state index contributed by atoms with van der Waals surface area (Å²) in [5.74, 6) is -0.0343.